The molecule has 21 heavy (non-hydrogen) atoms. The van der Waals surface area contributed by atoms with E-state index >= 15 is 0 Å². The number of amides is 1. The van der Waals surface area contributed by atoms with Gasteiger partial charge in [0.15, 0.2) is 0 Å². The van der Waals surface area contributed by atoms with Crippen molar-refractivity contribution in [2.45, 2.75) is 25.5 Å². The monoisotopic (exact) mass is 306 g/mol. The number of rotatable bonds is 6. The van der Waals surface area contributed by atoms with E-state index in [1.165, 1.54) is 11.8 Å². The van der Waals surface area contributed by atoms with E-state index in [2.05, 4.69) is 20.8 Å². The molecule has 0 spiro atoms. The number of nitrogens with two attached hydrogens (primary N) is 1. The quantitative estimate of drug-likeness (QED) is 0.772. The average molecular weight is 306 g/mol. The first-order chi connectivity index (χ1) is 10.1. The van der Waals surface area contributed by atoms with Crippen molar-refractivity contribution in [3.05, 3.63) is 29.3 Å². The van der Waals surface area contributed by atoms with Gasteiger partial charge in [-0.05, 0) is 41.5 Å². The summed E-state index contributed by atoms with van der Waals surface area (Å²) in [5.74, 6) is 0.161. The van der Waals surface area contributed by atoms with E-state index in [4.69, 9.17) is 5.73 Å². The number of anilines is 1. The third-order valence-corrected chi connectivity index (χ3v) is 3.80. The molecule has 0 atom stereocenters. The topological polar surface area (TPSA) is 98.7 Å². The lowest BCUT2D eigenvalue weighted by molar-refractivity contribution is -0.113. The fraction of sp³-hybridized carbons (Fsp3) is 0.385. The number of carbonyl (C=O) groups excluding carboxylic acids is 1. The van der Waals surface area contributed by atoms with Gasteiger partial charge >= 0.3 is 0 Å². The van der Waals surface area contributed by atoms with Gasteiger partial charge < -0.3 is 11.1 Å². The van der Waals surface area contributed by atoms with Crippen molar-refractivity contribution in [3.63, 3.8) is 0 Å². The van der Waals surface area contributed by atoms with Gasteiger partial charge in [0.1, 0.15) is 0 Å². The summed E-state index contributed by atoms with van der Waals surface area (Å²) in [7, 11) is 0. The highest BCUT2D eigenvalue weighted by Gasteiger charge is 2.10. The Morgan fingerprint density at radius 3 is 3.00 bits per heavy atom. The van der Waals surface area contributed by atoms with Crippen molar-refractivity contribution in [3.8, 4) is 0 Å². The molecular weight excluding hydrogens is 288 g/mol. The number of carbonyl (C=O) groups is 1. The number of tetrazole rings is 1. The third-order valence-electron chi connectivity index (χ3n) is 2.84. The number of thioether (sulfide) groups is 1. The Kier molecular flexibility index (Phi) is 5.29. The van der Waals surface area contributed by atoms with Crippen LogP contribution in [0.25, 0.3) is 0 Å². The molecule has 0 aliphatic heterocycles. The predicted octanol–water partition coefficient (Wildman–Crippen LogP) is 0.979. The molecule has 0 aliphatic carbocycles. The zero-order valence-electron chi connectivity index (χ0n) is 12.0. The SMILES string of the molecule is Cc1ccc(C)c(NC(=O)CSc2nnnn2CCN)c1. The van der Waals surface area contributed by atoms with Crippen molar-refractivity contribution in [2.24, 2.45) is 5.73 Å². The summed E-state index contributed by atoms with van der Waals surface area (Å²) in [6.07, 6.45) is 0. The number of nitrogens with one attached hydrogen (secondary N) is 1. The van der Waals surface area contributed by atoms with Crippen LogP contribution >= 0.6 is 11.8 Å². The van der Waals surface area contributed by atoms with Crippen LogP contribution in [0.4, 0.5) is 5.69 Å². The number of benzene rings is 1. The van der Waals surface area contributed by atoms with Gasteiger partial charge in [0.2, 0.25) is 11.1 Å². The first-order valence-electron chi connectivity index (χ1n) is 6.56. The molecule has 1 aromatic carbocycles. The summed E-state index contributed by atoms with van der Waals surface area (Å²) in [4.78, 5) is 12.0. The highest BCUT2D eigenvalue weighted by Crippen LogP contribution is 2.18. The van der Waals surface area contributed by atoms with Crippen LogP contribution in [0.1, 0.15) is 11.1 Å². The van der Waals surface area contributed by atoms with Crippen LogP contribution in [0.5, 0.6) is 0 Å². The summed E-state index contributed by atoms with van der Waals surface area (Å²) in [6, 6.07) is 5.96. The molecule has 112 valence electrons. The van der Waals surface area contributed by atoms with Gasteiger partial charge in [0.05, 0.1) is 12.3 Å². The average Bonchev–Trinajstić information content (AvgIpc) is 2.88. The Bertz CT molecular complexity index is 627. The summed E-state index contributed by atoms with van der Waals surface area (Å²) < 4.78 is 1.59. The van der Waals surface area contributed by atoms with E-state index in [1.54, 1.807) is 4.68 Å². The van der Waals surface area contributed by atoms with Gasteiger partial charge in [-0.25, -0.2) is 4.68 Å². The maximum atomic E-state index is 12.0. The number of aromatic nitrogens is 4. The summed E-state index contributed by atoms with van der Waals surface area (Å²) in [5, 5.41) is 14.8. The highest BCUT2D eigenvalue weighted by atomic mass is 32.2. The van der Waals surface area contributed by atoms with Crippen molar-refractivity contribution in [2.75, 3.05) is 17.6 Å². The van der Waals surface area contributed by atoms with E-state index in [-0.39, 0.29) is 11.7 Å². The van der Waals surface area contributed by atoms with Crippen molar-refractivity contribution in [1.82, 2.24) is 20.2 Å². The Morgan fingerprint density at radius 1 is 1.43 bits per heavy atom. The van der Waals surface area contributed by atoms with Gasteiger partial charge in [0, 0.05) is 12.2 Å². The van der Waals surface area contributed by atoms with Gasteiger partial charge in [-0.1, -0.05) is 23.9 Å². The lowest BCUT2D eigenvalue weighted by Crippen LogP contribution is -2.16. The lowest BCUT2D eigenvalue weighted by Gasteiger charge is -2.09. The molecule has 0 bridgehead atoms. The zero-order chi connectivity index (χ0) is 15.2. The molecule has 2 aromatic rings. The predicted molar refractivity (Wildman–Crippen MR) is 82.1 cm³/mol. The largest absolute Gasteiger partial charge is 0.329 e. The molecule has 8 heteroatoms. The molecule has 0 fully saturated rings. The first kappa shape index (κ1) is 15.5. The third kappa shape index (κ3) is 4.27. The first-order valence-corrected chi connectivity index (χ1v) is 7.55. The molecular formula is C13H18N6OS. The van der Waals surface area contributed by atoms with Gasteiger partial charge in [-0.15, -0.1) is 5.10 Å². The number of hydrogen-bond donors (Lipinski definition) is 2. The molecule has 0 unspecified atom stereocenters. The van der Waals surface area contributed by atoms with Crippen LogP contribution in [-0.2, 0) is 11.3 Å². The van der Waals surface area contributed by atoms with Crippen LogP contribution in [0.2, 0.25) is 0 Å². The molecule has 1 amide bonds. The van der Waals surface area contributed by atoms with Crippen LogP contribution in [-0.4, -0.2) is 38.4 Å². The van der Waals surface area contributed by atoms with E-state index < -0.39 is 0 Å². The minimum atomic E-state index is -0.0870. The molecule has 2 rings (SSSR count). The van der Waals surface area contributed by atoms with E-state index in [0.717, 1.165) is 16.8 Å². The van der Waals surface area contributed by atoms with Crippen LogP contribution in [0, 0.1) is 13.8 Å². The summed E-state index contributed by atoms with van der Waals surface area (Å²) >= 11 is 1.29. The normalized spacial score (nSPS) is 10.6. The summed E-state index contributed by atoms with van der Waals surface area (Å²) in [6.45, 7) is 4.94. The van der Waals surface area contributed by atoms with Crippen LogP contribution < -0.4 is 11.1 Å². The molecule has 0 radical (unpaired) electrons. The highest BCUT2D eigenvalue weighted by molar-refractivity contribution is 7.99. The second-order valence-corrected chi connectivity index (χ2v) is 5.57. The van der Waals surface area contributed by atoms with Crippen molar-refractivity contribution in [1.29, 1.82) is 0 Å². The van der Waals surface area contributed by atoms with Gasteiger partial charge in [-0.2, -0.15) is 0 Å². The molecule has 1 aromatic heterocycles. The van der Waals surface area contributed by atoms with Crippen molar-refractivity contribution < 1.29 is 4.79 Å². The molecule has 3 N–H and O–H groups in total. The maximum Gasteiger partial charge on any atom is 0.234 e. The van der Waals surface area contributed by atoms with Crippen molar-refractivity contribution >= 4 is 23.4 Å². The van der Waals surface area contributed by atoms with E-state index in [1.807, 2.05) is 32.0 Å². The standard InChI is InChI=1S/C13H18N6OS/c1-9-3-4-10(2)11(7-9)15-12(20)8-21-13-16-17-18-19(13)6-5-14/h3-4,7H,5-6,8,14H2,1-2H3,(H,15,20). The summed E-state index contributed by atoms with van der Waals surface area (Å²) in [5.41, 5.74) is 8.45. The molecule has 0 saturated carbocycles. The fourth-order valence-electron chi connectivity index (χ4n) is 1.75. The second kappa shape index (κ2) is 7.19. The molecule has 1 heterocycles. The minimum Gasteiger partial charge on any atom is -0.329 e. The maximum absolute atomic E-state index is 12.0. The van der Waals surface area contributed by atoms with E-state index in [9.17, 15) is 4.79 Å². The number of hydrogen-bond acceptors (Lipinski definition) is 6. The molecule has 0 aliphatic rings. The molecule has 0 saturated heterocycles. The molecule has 7 nitrogen and oxygen atoms in total. The number of aryl methyl sites for hydroxylation is 2. The number of nitrogens with zero attached hydrogens (tertiary/aromatic N) is 4. The van der Waals surface area contributed by atoms with Crippen LogP contribution in [0.15, 0.2) is 23.4 Å². The van der Waals surface area contributed by atoms with E-state index in [0.29, 0.717) is 18.2 Å². The van der Waals surface area contributed by atoms with Gasteiger partial charge in [0.25, 0.3) is 0 Å². The smallest absolute Gasteiger partial charge is 0.234 e. The van der Waals surface area contributed by atoms with Crippen LogP contribution in [0.3, 0.4) is 0 Å². The lowest BCUT2D eigenvalue weighted by atomic mass is 10.1. The van der Waals surface area contributed by atoms with Gasteiger partial charge in [-0.3, -0.25) is 4.79 Å². The Morgan fingerprint density at radius 2 is 2.24 bits per heavy atom. The Hall–Kier alpha value is -1.93. The Labute approximate surface area is 127 Å². The second-order valence-electron chi connectivity index (χ2n) is 4.63. The Balaban J connectivity index is 1.93. The minimum absolute atomic E-state index is 0.0870. The zero-order valence-corrected chi connectivity index (χ0v) is 12.9. The fourth-order valence-corrected chi connectivity index (χ4v) is 2.45.